The number of aromatic nitrogens is 3. The first-order valence-electron chi connectivity index (χ1n) is 11.5. The molecule has 0 spiro atoms. The van der Waals surface area contributed by atoms with Crippen LogP contribution < -0.4 is 10.2 Å². The fourth-order valence-electron chi connectivity index (χ4n) is 4.57. The summed E-state index contributed by atoms with van der Waals surface area (Å²) in [6, 6.07) is 1.71. The van der Waals surface area contributed by atoms with Gasteiger partial charge >= 0.3 is 0 Å². The number of carbonyl (C=O) groups excluding carboxylic acids is 1. The normalized spacial score (nSPS) is 18.9. The Bertz CT molecular complexity index is 1150. The van der Waals surface area contributed by atoms with Crippen molar-refractivity contribution in [3.63, 3.8) is 0 Å². The monoisotopic (exact) mass is 470 g/mol. The van der Waals surface area contributed by atoms with Crippen LogP contribution in [0.5, 0.6) is 0 Å². The Kier molecular flexibility index (Phi) is 6.31. The molecule has 1 atom stereocenters. The SMILES string of the molecule is Cc1cc(NC(=O)CN(C)c2nc(CN3CCOCC3)nc3sc4c(c23)CCC(C)C4)no1. The predicted octanol–water partition coefficient (Wildman–Crippen LogP) is 3.02. The average Bonchev–Trinajstić information content (AvgIpc) is 3.35. The molecule has 2 aliphatic rings. The van der Waals surface area contributed by atoms with E-state index in [0.717, 1.165) is 61.0 Å². The van der Waals surface area contributed by atoms with E-state index >= 15 is 0 Å². The van der Waals surface area contributed by atoms with E-state index in [0.29, 0.717) is 24.0 Å². The van der Waals surface area contributed by atoms with Gasteiger partial charge in [0.05, 0.1) is 31.7 Å². The lowest BCUT2D eigenvalue weighted by Gasteiger charge is -2.26. The van der Waals surface area contributed by atoms with Crippen LogP contribution in [0.1, 0.15) is 35.4 Å². The maximum absolute atomic E-state index is 12.7. The Morgan fingerprint density at radius 3 is 2.91 bits per heavy atom. The maximum Gasteiger partial charge on any atom is 0.245 e. The van der Waals surface area contributed by atoms with E-state index in [1.54, 1.807) is 24.3 Å². The molecule has 9 nitrogen and oxygen atoms in total. The first kappa shape index (κ1) is 22.2. The van der Waals surface area contributed by atoms with Gasteiger partial charge in [0.25, 0.3) is 0 Å². The predicted molar refractivity (Wildman–Crippen MR) is 128 cm³/mol. The molecule has 1 aliphatic carbocycles. The number of thiophene rings is 1. The fraction of sp³-hybridized carbons (Fsp3) is 0.565. The topological polar surface area (TPSA) is 96.6 Å². The van der Waals surface area contributed by atoms with E-state index in [-0.39, 0.29) is 12.5 Å². The number of ether oxygens (including phenoxy) is 1. The molecule has 1 N–H and O–H groups in total. The molecule has 1 fully saturated rings. The van der Waals surface area contributed by atoms with Crippen LogP contribution in [0.25, 0.3) is 10.2 Å². The van der Waals surface area contributed by atoms with E-state index in [2.05, 4.69) is 22.3 Å². The maximum atomic E-state index is 12.7. The van der Waals surface area contributed by atoms with Gasteiger partial charge < -0.3 is 19.5 Å². The summed E-state index contributed by atoms with van der Waals surface area (Å²) < 4.78 is 10.5. The Morgan fingerprint density at radius 1 is 1.33 bits per heavy atom. The zero-order valence-electron chi connectivity index (χ0n) is 19.4. The molecule has 0 radical (unpaired) electrons. The van der Waals surface area contributed by atoms with Crippen molar-refractivity contribution in [1.29, 1.82) is 0 Å². The van der Waals surface area contributed by atoms with Gasteiger partial charge in [0.15, 0.2) is 5.82 Å². The molecule has 3 aromatic heterocycles. The number of hydrogen-bond donors (Lipinski definition) is 1. The van der Waals surface area contributed by atoms with Gasteiger partial charge in [0.1, 0.15) is 22.2 Å². The third-order valence-corrected chi connectivity index (χ3v) is 7.44. The van der Waals surface area contributed by atoms with E-state index < -0.39 is 0 Å². The quantitative estimate of drug-likeness (QED) is 0.587. The smallest absolute Gasteiger partial charge is 0.245 e. The second-order valence-electron chi connectivity index (χ2n) is 9.11. The molecular weight excluding hydrogens is 440 g/mol. The van der Waals surface area contributed by atoms with Crippen LogP contribution in [-0.4, -0.2) is 65.8 Å². The molecule has 0 aromatic carbocycles. The first-order valence-corrected chi connectivity index (χ1v) is 12.3. The van der Waals surface area contributed by atoms with Crippen molar-refractivity contribution in [3.05, 3.63) is 28.1 Å². The Morgan fingerprint density at radius 2 is 2.15 bits per heavy atom. The number of aryl methyl sites for hydroxylation is 2. The molecule has 33 heavy (non-hydrogen) atoms. The van der Waals surface area contributed by atoms with Crippen molar-refractivity contribution in [3.8, 4) is 0 Å². The third-order valence-electron chi connectivity index (χ3n) is 6.29. The summed E-state index contributed by atoms with van der Waals surface area (Å²) in [6.07, 6.45) is 3.29. The second-order valence-corrected chi connectivity index (χ2v) is 10.2. The first-order chi connectivity index (χ1) is 16.0. The highest BCUT2D eigenvalue weighted by molar-refractivity contribution is 7.19. The minimum Gasteiger partial charge on any atom is -0.379 e. The van der Waals surface area contributed by atoms with Crippen LogP contribution in [0.2, 0.25) is 0 Å². The summed E-state index contributed by atoms with van der Waals surface area (Å²) in [4.78, 5) is 29.4. The van der Waals surface area contributed by atoms with Crippen LogP contribution >= 0.6 is 11.3 Å². The van der Waals surface area contributed by atoms with E-state index in [1.807, 2.05) is 11.9 Å². The number of hydrogen-bond acceptors (Lipinski definition) is 9. The highest BCUT2D eigenvalue weighted by Crippen LogP contribution is 2.41. The number of rotatable bonds is 6. The molecule has 176 valence electrons. The molecule has 0 saturated carbocycles. The van der Waals surface area contributed by atoms with Crippen molar-refractivity contribution in [2.45, 2.75) is 39.7 Å². The van der Waals surface area contributed by atoms with Gasteiger partial charge in [-0.1, -0.05) is 12.1 Å². The zero-order chi connectivity index (χ0) is 22.9. The van der Waals surface area contributed by atoms with Gasteiger partial charge in [-0.3, -0.25) is 9.69 Å². The van der Waals surface area contributed by atoms with Gasteiger partial charge in [0.2, 0.25) is 5.91 Å². The van der Waals surface area contributed by atoms with Crippen molar-refractivity contribution < 1.29 is 14.1 Å². The van der Waals surface area contributed by atoms with Crippen LogP contribution in [-0.2, 0) is 28.9 Å². The Labute approximate surface area is 197 Å². The van der Waals surface area contributed by atoms with Crippen LogP contribution in [0.15, 0.2) is 10.6 Å². The van der Waals surface area contributed by atoms with Crippen molar-refractivity contribution in [1.82, 2.24) is 20.0 Å². The molecule has 5 rings (SSSR count). The van der Waals surface area contributed by atoms with Crippen molar-refractivity contribution in [2.75, 3.05) is 50.1 Å². The van der Waals surface area contributed by atoms with E-state index in [9.17, 15) is 4.79 Å². The Balaban J connectivity index is 1.45. The van der Waals surface area contributed by atoms with Crippen molar-refractivity contribution in [2.24, 2.45) is 5.92 Å². The number of likely N-dealkylation sites (N-methyl/N-ethyl adjacent to an activating group) is 1. The fourth-order valence-corrected chi connectivity index (χ4v) is 5.97. The van der Waals surface area contributed by atoms with E-state index in [4.69, 9.17) is 19.2 Å². The van der Waals surface area contributed by atoms with Gasteiger partial charge in [-0.2, -0.15) is 0 Å². The van der Waals surface area contributed by atoms with Gasteiger partial charge in [0, 0.05) is 31.1 Å². The molecule has 1 unspecified atom stereocenters. The largest absolute Gasteiger partial charge is 0.379 e. The molecule has 0 bridgehead atoms. The molecule has 10 heteroatoms. The molecule has 4 heterocycles. The summed E-state index contributed by atoms with van der Waals surface area (Å²) in [6.45, 7) is 8.19. The highest BCUT2D eigenvalue weighted by atomic mass is 32.1. The summed E-state index contributed by atoms with van der Waals surface area (Å²) >= 11 is 1.79. The molecule has 1 saturated heterocycles. The lowest BCUT2D eigenvalue weighted by molar-refractivity contribution is -0.115. The van der Waals surface area contributed by atoms with Crippen LogP contribution in [0.3, 0.4) is 0 Å². The lowest BCUT2D eigenvalue weighted by Crippen LogP contribution is -2.36. The third kappa shape index (κ3) is 4.87. The summed E-state index contributed by atoms with van der Waals surface area (Å²) in [7, 11) is 1.92. The molecule has 1 amide bonds. The van der Waals surface area contributed by atoms with Gasteiger partial charge in [-0.25, -0.2) is 9.97 Å². The number of morpholine rings is 1. The standard InChI is InChI=1S/C23H30N6O3S/c1-14-4-5-16-17(10-14)33-23-21(16)22(25-19(26-23)12-29-6-8-31-9-7-29)28(3)13-20(30)24-18-11-15(2)32-27-18/h11,14H,4-10,12-13H2,1-3H3,(H,24,27,30). The van der Waals surface area contributed by atoms with Crippen molar-refractivity contribution >= 4 is 39.1 Å². The van der Waals surface area contributed by atoms with Gasteiger partial charge in [-0.15, -0.1) is 11.3 Å². The minimum atomic E-state index is -0.162. The number of nitrogens with zero attached hydrogens (tertiary/aromatic N) is 5. The summed E-state index contributed by atoms with van der Waals surface area (Å²) in [5.41, 5.74) is 1.36. The summed E-state index contributed by atoms with van der Waals surface area (Å²) in [5.74, 6) is 3.23. The number of carbonyl (C=O) groups is 1. The number of amides is 1. The molecule has 3 aromatic rings. The minimum absolute atomic E-state index is 0.162. The molecular formula is C23H30N6O3S. The van der Waals surface area contributed by atoms with E-state index in [1.165, 1.54) is 16.9 Å². The average molecular weight is 471 g/mol. The lowest BCUT2D eigenvalue weighted by atomic mass is 9.89. The number of fused-ring (bicyclic) bond motifs is 3. The van der Waals surface area contributed by atoms with Crippen LogP contribution in [0, 0.1) is 12.8 Å². The summed E-state index contributed by atoms with van der Waals surface area (Å²) in [5, 5.41) is 7.77. The van der Waals surface area contributed by atoms with Crippen LogP contribution in [0.4, 0.5) is 11.6 Å². The second kappa shape index (κ2) is 9.36. The number of nitrogens with one attached hydrogen (secondary N) is 1. The number of anilines is 2. The Hall–Kier alpha value is -2.56. The molecule has 1 aliphatic heterocycles. The van der Waals surface area contributed by atoms with Gasteiger partial charge in [-0.05, 0) is 37.7 Å². The highest BCUT2D eigenvalue weighted by Gasteiger charge is 2.26. The zero-order valence-corrected chi connectivity index (χ0v) is 20.2.